The van der Waals surface area contributed by atoms with E-state index >= 15 is 0 Å². The highest BCUT2D eigenvalue weighted by molar-refractivity contribution is 5.49. The second-order valence-corrected chi connectivity index (χ2v) is 5.85. The summed E-state index contributed by atoms with van der Waals surface area (Å²) in [7, 11) is 0. The van der Waals surface area contributed by atoms with Crippen molar-refractivity contribution in [2.45, 2.75) is 12.7 Å². The van der Waals surface area contributed by atoms with Gasteiger partial charge in [-0.2, -0.15) is 13.2 Å². The molecule has 0 heterocycles. The quantitative estimate of drug-likeness (QED) is 0.548. The number of rotatable bonds is 7. The third-order valence-electron chi connectivity index (χ3n) is 3.61. The topological polar surface area (TPSA) is 30.5 Å². The first-order valence-corrected chi connectivity index (χ1v) is 8.33. The summed E-state index contributed by atoms with van der Waals surface area (Å²) in [6.45, 7) is -0.860. The van der Waals surface area contributed by atoms with E-state index in [-0.39, 0.29) is 5.75 Å². The van der Waals surface area contributed by atoms with Crippen LogP contribution in [0, 0.1) is 0 Å². The van der Waals surface area contributed by atoms with Crippen LogP contribution in [-0.2, 0) is 6.54 Å². The van der Waals surface area contributed by atoms with Gasteiger partial charge >= 0.3 is 6.18 Å². The van der Waals surface area contributed by atoms with Crippen molar-refractivity contribution < 1.29 is 22.6 Å². The van der Waals surface area contributed by atoms with E-state index in [9.17, 15) is 13.2 Å². The zero-order valence-electron chi connectivity index (χ0n) is 14.4. The van der Waals surface area contributed by atoms with Crippen molar-refractivity contribution in [2.75, 3.05) is 11.9 Å². The fraction of sp³-hybridized carbons (Fsp3) is 0.143. The number of para-hydroxylation sites is 1. The maximum absolute atomic E-state index is 12.3. The van der Waals surface area contributed by atoms with Gasteiger partial charge in [-0.15, -0.1) is 0 Å². The summed E-state index contributed by atoms with van der Waals surface area (Å²) in [6.07, 6.45) is -4.35. The van der Waals surface area contributed by atoms with Gasteiger partial charge in [0, 0.05) is 18.3 Å². The predicted molar refractivity (Wildman–Crippen MR) is 98.3 cm³/mol. The van der Waals surface area contributed by atoms with Gasteiger partial charge in [-0.1, -0.05) is 36.4 Å². The van der Waals surface area contributed by atoms with Crippen molar-refractivity contribution in [1.29, 1.82) is 0 Å². The Morgan fingerprint density at radius 2 is 1.44 bits per heavy atom. The summed E-state index contributed by atoms with van der Waals surface area (Å²) < 4.78 is 47.3. The molecule has 3 rings (SSSR count). The molecule has 3 aromatic rings. The zero-order chi connectivity index (χ0) is 19.1. The fourth-order valence-electron chi connectivity index (χ4n) is 2.41. The average molecular weight is 373 g/mol. The summed E-state index contributed by atoms with van der Waals surface area (Å²) in [5.74, 6) is 1.62. The molecule has 3 aromatic carbocycles. The van der Waals surface area contributed by atoms with Crippen LogP contribution in [-0.4, -0.2) is 12.8 Å². The van der Waals surface area contributed by atoms with Crippen LogP contribution in [0.15, 0.2) is 78.9 Å². The smallest absolute Gasteiger partial charge is 0.422 e. The fourth-order valence-corrected chi connectivity index (χ4v) is 2.41. The van der Waals surface area contributed by atoms with Gasteiger partial charge in [0.2, 0.25) is 0 Å². The molecule has 0 aliphatic rings. The number of hydrogen-bond acceptors (Lipinski definition) is 3. The predicted octanol–water partition coefficient (Wildman–Crippen LogP) is 6.03. The van der Waals surface area contributed by atoms with Gasteiger partial charge in [0.05, 0.1) is 0 Å². The molecule has 0 aliphatic carbocycles. The van der Waals surface area contributed by atoms with Gasteiger partial charge in [-0.05, 0) is 42.0 Å². The molecule has 3 nitrogen and oxygen atoms in total. The van der Waals surface area contributed by atoms with Crippen molar-refractivity contribution in [3.05, 3.63) is 84.4 Å². The minimum absolute atomic E-state index is 0.188. The lowest BCUT2D eigenvalue weighted by atomic mass is 10.2. The Hall–Kier alpha value is -3.15. The SMILES string of the molecule is FC(F)(F)COc1cccc(CNc2cccc(Oc3ccccc3)c2)c1. The number of hydrogen-bond donors (Lipinski definition) is 1. The minimum atomic E-state index is -4.35. The Balaban J connectivity index is 1.59. The van der Waals surface area contributed by atoms with Crippen molar-refractivity contribution in [1.82, 2.24) is 0 Å². The molecular weight excluding hydrogens is 355 g/mol. The largest absolute Gasteiger partial charge is 0.484 e. The molecule has 0 saturated heterocycles. The molecule has 0 radical (unpaired) electrons. The van der Waals surface area contributed by atoms with Crippen LogP contribution in [0.3, 0.4) is 0 Å². The number of halogens is 3. The zero-order valence-corrected chi connectivity index (χ0v) is 14.4. The monoisotopic (exact) mass is 373 g/mol. The number of benzene rings is 3. The molecule has 1 N–H and O–H groups in total. The molecule has 0 aromatic heterocycles. The molecule has 0 aliphatic heterocycles. The van der Waals surface area contributed by atoms with Gasteiger partial charge in [0.25, 0.3) is 0 Å². The van der Waals surface area contributed by atoms with Gasteiger partial charge in [-0.25, -0.2) is 0 Å². The number of alkyl halides is 3. The molecule has 27 heavy (non-hydrogen) atoms. The minimum Gasteiger partial charge on any atom is -0.484 e. The van der Waals surface area contributed by atoms with Gasteiger partial charge in [0.1, 0.15) is 17.2 Å². The molecule has 6 heteroatoms. The third kappa shape index (κ3) is 6.26. The highest BCUT2D eigenvalue weighted by Crippen LogP contribution is 2.24. The molecule has 0 amide bonds. The van der Waals surface area contributed by atoms with Gasteiger partial charge in [0.15, 0.2) is 6.61 Å². The van der Waals surface area contributed by atoms with E-state index in [2.05, 4.69) is 5.32 Å². The lowest BCUT2D eigenvalue weighted by Gasteiger charge is -2.12. The number of ether oxygens (including phenoxy) is 2. The van der Waals surface area contributed by atoms with Crippen LogP contribution < -0.4 is 14.8 Å². The normalized spacial score (nSPS) is 11.1. The van der Waals surface area contributed by atoms with Crippen molar-refractivity contribution in [3.63, 3.8) is 0 Å². The number of nitrogens with one attached hydrogen (secondary N) is 1. The van der Waals surface area contributed by atoms with Crippen molar-refractivity contribution in [3.8, 4) is 17.2 Å². The molecule has 0 saturated carbocycles. The van der Waals surface area contributed by atoms with E-state index in [1.165, 1.54) is 6.07 Å². The first-order chi connectivity index (χ1) is 13.0. The van der Waals surface area contributed by atoms with E-state index in [4.69, 9.17) is 9.47 Å². The summed E-state index contributed by atoms with van der Waals surface area (Å²) in [4.78, 5) is 0. The Morgan fingerprint density at radius 3 is 2.22 bits per heavy atom. The summed E-state index contributed by atoms with van der Waals surface area (Å²) in [6, 6.07) is 23.5. The van der Waals surface area contributed by atoms with Crippen molar-refractivity contribution in [2.24, 2.45) is 0 Å². The van der Waals surface area contributed by atoms with E-state index in [0.717, 1.165) is 17.0 Å². The lowest BCUT2D eigenvalue weighted by molar-refractivity contribution is -0.153. The highest BCUT2D eigenvalue weighted by atomic mass is 19.4. The van der Waals surface area contributed by atoms with E-state index < -0.39 is 12.8 Å². The van der Waals surface area contributed by atoms with Crippen LogP contribution in [0.25, 0.3) is 0 Å². The molecule has 0 unspecified atom stereocenters. The Bertz CT molecular complexity index is 867. The molecule has 0 fully saturated rings. The average Bonchev–Trinajstić information content (AvgIpc) is 2.66. The van der Waals surface area contributed by atoms with Gasteiger partial charge < -0.3 is 14.8 Å². The van der Waals surface area contributed by atoms with E-state index in [1.807, 2.05) is 60.7 Å². The maximum atomic E-state index is 12.3. The number of anilines is 1. The van der Waals surface area contributed by atoms with Crippen LogP contribution in [0.4, 0.5) is 18.9 Å². The van der Waals surface area contributed by atoms with Crippen LogP contribution >= 0.6 is 0 Å². The highest BCUT2D eigenvalue weighted by Gasteiger charge is 2.28. The van der Waals surface area contributed by atoms with Crippen LogP contribution in [0.1, 0.15) is 5.56 Å². The lowest BCUT2D eigenvalue weighted by Crippen LogP contribution is -2.19. The second kappa shape index (κ2) is 8.49. The van der Waals surface area contributed by atoms with Gasteiger partial charge in [-0.3, -0.25) is 0 Å². The van der Waals surface area contributed by atoms with E-state index in [0.29, 0.717) is 12.3 Å². The first-order valence-electron chi connectivity index (χ1n) is 8.33. The Morgan fingerprint density at radius 1 is 0.741 bits per heavy atom. The second-order valence-electron chi connectivity index (χ2n) is 5.85. The molecule has 0 atom stereocenters. The summed E-state index contributed by atoms with van der Waals surface area (Å²) in [5, 5.41) is 3.23. The molecule has 140 valence electrons. The maximum Gasteiger partial charge on any atom is 0.422 e. The Kier molecular flexibility index (Phi) is 5.86. The van der Waals surface area contributed by atoms with Crippen molar-refractivity contribution >= 4 is 5.69 Å². The summed E-state index contributed by atoms with van der Waals surface area (Å²) in [5.41, 5.74) is 1.65. The van der Waals surface area contributed by atoms with Crippen LogP contribution in [0.5, 0.6) is 17.2 Å². The summed E-state index contributed by atoms with van der Waals surface area (Å²) >= 11 is 0. The Labute approximate surface area is 155 Å². The van der Waals surface area contributed by atoms with E-state index in [1.54, 1.807) is 12.1 Å². The standard InChI is InChI=1S/C21H18F3NO2/c22-21(23,24)15-26-19-10-4-6-16(12-19)14-25-17-7-5-11-20(13-17)27-18-8-2-1-3-9-18/h1-13,25H,14-15H2. The first kappa shape index (κ1) is 18.6. The van der Waals surface area contributed by atoms with Crippen LogP contribution in [0.2, 0.25) is 0 Å². The molecule has 0 bridgehead atoms. The molecule has 0 spiro atoms. The molecular formula is C21H18F3NO2. The third-order valence-corrected chi connectivity index (χ3v) is 3.61.